The Balaban J connectivity index is 2.04. The molecule has 0 saturated carbocycles. The second-order valence-electron chi connectivity index (χ2n) is 5.03. The Morgan fingerprint density at radius 3 is 2.75 bits per heavy atom. The molecule has 2 aromatic heterocycles. The maximum atomic E-state index is 14.1. The molecule has 7 heteroatoms. The zero-order valence-corrected chi connectivity index (χ0v) is 13.9. The van der Waals surface area contributed by atoms with Crippen LogP contribution in [0.1, 0.15) is 5.56 Å². The highest BCUT2D eigenvalue weighted by molar-refractivity contribution is 6.31. The van der Waals surface area contributed by atoms with Crippen molar-refractivity contribution in [3.63, 3.8) is 0 Å². The summed E-state index contributed by atoms with van der Waals surface area (Å²) in [6.45, 7) is -0.0671. The third kappa shape index (κ3) is 3.32. The van der Waals surface area contributed by atoms with Crippen LogP contribution in [0.15, 0.2) is 48.7 Å². The molecule has 0 unspecified atom stereocenters. The molecule has 0 aliphatic heterocycles. The SMILES string of the molecule is O=C(CCl)N(Cc1c(F)cccc1Cl)c1ccc2cccnc2n1. The monoisotopic (exact) mass is 363 g/mol. The van der Waals surface area contributed by atoms with Crippen LogP contribution in [0.2, 0.25) is 5.02 Å². The lowest BCUT2D eigenvalue weighted by atomic mass is 10.2. The Labute approximate surface area is 147 Å². The van der Waals surface area contributed by atoms with Crippen LogP contribution in [-0.4, -0.2) is 21.8 Å². The second-order valence-corrected chi connectivity index (χ2v) is 5.71. The zero-order valence-electron chi connectivity index (χ0n) is 12.4. The Kier molecular flexibility index (Phi) is 4.92. The van der Waals surface area contributed by atoms with Crippen molar-refractivity contribution in [2.45, 2.75) is 6.54 Å². The molecular formula is C17H12Cl2FN3O. The largest absolute Gasteiger partial charge is 0.291 e. The number of fused-ring (bicyclic) bond motifs is 1. The van der Waals surface area contributed by atoms with E-state index in [-0.39, 0.29) is 23.0 Å². The molecule has 24 heavy (non-hydrogen) atoms. The maximum Gasteiger partial charge on any atom is 0.243 e. The highest BCUT2D eigenvalue weighted by Gasteiger charge is 2.20. The molecule has 122 valence electrons. The first-order valence-corrected chi connectivity index (χ1v) is 8.02. The molecule has 0 bridgehead atoms. The molecule has 0 N–H and O–H groups in total. The van der Waals surface area contributed by atoms with Crippen LogP contribution in [0.5, 0.6) is 0 Å². The predicted octanol–water partition coefficient (Wildman–Crippen LogP) is 4.19. The van der Waals surface area contributed by atoms with Gasteiger partial charge in [0.15, 0.2) is 5.65 Å². The van der Waals surface area contributed by atoms with E-state index >= 15 is 0 Å². The van der Waals surface area contributed by atoms with Gasteiger partial charge in [-0.15, -0.1) is 11.6 Å². The first-order valence-electron chi connectivity index (χ1n) is 7.11. The van der Waals surface area contributed by atoms with E-state index in [2.05, 4.69) is 9.97 Å². The lowest BCUT2D eigenvalue weighted by molar-refractivity contribution is -0.116. The van der Waals surface area contributed by atoms with E-state index in [0.29, 0.717) is 11.5 Å². The average molecular weight is 364 g/mol. The molecule has 4 nitrogen and oxygen atoms in total. The molecule has 0 radical (unpaired) electrons. The van der Waals surface area contributed by atoms with E-state index in [1.54, 1.807) is 30.5 Å². The number of hydrogen-bond donors (Lipinski definition) is 0. The Morgan fingerprint density at radius 1 is 1.17 bits per heavy atom. The summed E-state index contributed by atoms with van der Waals surface area (Å²) in [7, 11) is 0. The minimum absolute atomic E-state index is 0.0671. The fourth-order valence-electron chi connectivity index (χ4n) is 2.30. The Hall–Kier alpha value is -2.24. The molecule has 1 amide bonds. The summed E-state index contributed by atoms with van der Waals surface area (Å²) >= 11 is 11.8. The highest BCUT2D eigenvalue weighted by atomic mass is 35.5. The quantitative estimate of drug-likeness (QED) is 0.652. The summed E-state index contributed by atoms with van der Waals surface area (Å²) in [5, 5.41) is 1.07. The molecule has 0 atom stereocenters. The fraction of sp³-hybridized carbons (Fsp3) is 0.118. The second kappa shape index (κ2) is 7.11. The van der Waals surface area contributed by atoms with Gasteiger partial charge in [-0.05, 0) is 36.4 Å². The third-order valence-electron chi connectivity index (χ3n) is 3.52. The van der Waals surface area contributed by atoms with Crippen molar-refractivity contribution in [2.24, 2.45) is 0 Å². The number of pyridine rings is 2. The number of amides is 1. The number of nitrogens with zero attached hydrogens (tertiary/aromatic N) is 3. The molecular weight excluding hydrogens is 352 g/mol. The minimum atomic E-state index is -0.492. The van der Waals surface area contributed by atoms with Crippen LogP contribution in [0.25, 0.3) is 11.0 Å². The Morgan fingerprint density at radius 2 is 2.00 bits per heavy atom. The molecule has 2 heterocycles. The number of carbonyl (C=O) groups is 1. The van der Waals surface area contributed by atoms with Crippen molar-refractivity contribution in [2.75, 3.05) is 10.8 Å². The van der Waals surface area contributed by atoms with Crippen molar-refractivity contribution < 1.29 is 9.18 Å². The van der Waals surface area contributed by atoms with Gasteiger partial charge < -0.3 is 0 Å². The standard InChI is InChI=1S/C17H12Cl2FN3O/c18-9-16(24)23(10-12-13(19)4-1-5-14(12)20)15-7-6-11-3-2-8-21-17(11)22-15/h1-8H,9-10H2. The number of aromatic nitrogens is 2. The van der Waals surface area contributed by atoms with Gasteiger partial charge in [-0.3, -0.25) is 9.69 Å². The summed E-state index contributed by atoms with van der Waals surface area (Å²) in [5.74, 6) is -0.813. The summed E-state index contributed by atoms with van der Waals surface area (Å²) < 4.78 is 14.1. The minimum Gasteiger partial charge on any atom is -0.291 e. The molecule has 3 rings (SSSR count). The van der Waals surface area contributed by atoms with Crippen LogP contribution in [0, 0.1) is 5.82 Å². The van der Waals surface area contributed by atoms with Crippen molar-refractivity contribution in [1.29, 1.82) is 0 Å². The van der Waals surface area contributed by atoms with E-state index in [0.717, 1.165) is 5.39 Å². The summed E-state index contributed by atoms with van der Waals surface area (Å²) in [6, 6.07) is 11.5. The molecule has 0 fully saturated rings. The normalized spacial score (nSPS) is 10.8. The van der Waals surface area contributed by atoms with Crippen molar-refractivity contribution >= 4 is 46.0 Å². The van der Waals surface area contributed by atoms with Crippen molar-refractivity contribution in [1.82, 2.24) is 9.97 Å². The van der Waals surface area contributed by atoms with Gasteiger partial charge in [0.2, 0.25) is 5.91 Å². The first kappa shape index (κ1) is 16.6. The molecule has 0 aliphatic carbocycles. The van der Waals surface area contributed by atoms with Crippen LogP contribution in [0.4, 0.5) is 10.2 Å². The molecule has 0 saturated heterocycles. The summed E-state index contributed by atoms with van der Waals surface area (Å²) in [4.78, 5) is 22.1. The van der Waals surface area contributed by atoms with Gasteiger partial charge in [-0.2, -0.15) is 0 Å². The van der Waals surface area contributed by atoms with Crippen LogP contribution in [-0.2, 0) is 11.3 Å². The average Bonchev–Trinajstić information content (AvgIpc) is 2.60. The molecule has 0 spiro atoms. The van der Waals surface area contributed by atoms with E-state index in [9.17, 15) is 9.18 Å². The molecule has 3 aromatic rings. The lowest BCUT2D eigenvalue weighted by Gasteiger charge is -2.22. The van der Waals surface area contributed by atoms with Gasteiger partial charge in [0.25, 0.3) is 0 Å². The zero-order chi connectivity index (χ0) is 17.1. The third-order valence-corrected chi connectivity index (χ3v) is 4.10. The van der Waals surface area contributed by atoms with Crippen molar-refractivity contribution in [3.8, 4) is 0 Å². The first-order chi connectivity index (χ1) is 11.6. The topological polar surface area (TPSA) is 46.1 Å². The highest BCUT2D eigenvalue weighted by Crippen LogP contribution is 2.24. The van der Waals surface area contributed by atoms with E-state index < -0.39 is 11.7 Å². The van der Waals surface area contributed by atoms with Crippen LogP contribution >= 0.6 is 23.2 Å². The number of hydrogen-bond acceptors (Lipinski definition) is 3. The lowest BCUT2D eigenvalue weighted by Crippen LogP contribution is -2.32. The van der Waals surface area contributed by atoms with Gasteiger partial charge in [-0.25, -0.2) is 14.4 Å². The van der Waals surface area contributed by atoms with E-state index in [4.69, 9.17) is 23.2 Å². The molecule has 1 aromatic carbocycles. The fourth-order valence-corrected chi connectivity index (χ4v) is 2.67. The van der Waals surface area contributed by atoms with Gasteiger partial charge in [0.05, 0.1) is 6.54 Å². The number of rotatable bonds is 4. The van der Waals surface area contributed by atoms with Crippen LogP contribution < -0.4 is 4.90 Å². The molecule has 0 aliphatic rings. The van der Waals surface area contributed by atoms with E-state index in [1.807, 2.05) is 6.07 Å². The van der Waals surface area contributed by atoms with Gasteiger partial charge >= 0.3 is 0 Å². The summed E-state index contributed by atoms with van der Waals surface area (Å²) in [5.41, 5.74) is 0.697. The number of alkyl halides is 1. The number of halogens is 3. The Bertz CT molecular complexity index is 884. The van der Waals surface area contributed by atoms with Gasteiger partial charge in [0.1, 0.15) is 17.5 Å². The van der Waals surface area contributed by atoms with Gasteiger partial charge in [-0.1, -0.05) is 17.7 Å². The van der Waals surface area contributed by atoms with Crippen molar-refractivity contribution in [3.05, 3.63) is 65.1 Å². The van der Waals surface area contributed by atoms with Gasteiger partial charge in [0, 0.05) is 22.2 Å². The number of carbonyl (C=O) groups excluding carboxylic acids is 1. The number of benzene rings is 1. The maximum absolute atomic E-state index is 14.1. The van der Waals surface area contributed by atoms with E-state index in [1.165, 1.54) is 17.0 Å². The smallest absolute Gasteiger partial charge is 0.243 e. The predicted molar refractivity (Wildman–Crippen MR) is 92.9 cm³/mol. The number of anilines is 1. The van der Waals surface area contributed by atoms with Crippen LogP contribution in [0.3, 0.4) is 0 Å². The summed E-state index contributed by atoms with van der Waals surface area (Å²) in [6.07, 6.45) is 1.61.